The molecule has 2 aromatic rings. The lowest BCUT2D eigenvalue weighted by molar-refractivity contribution is 0.102. The molecule has 22 heavy (non-hydrogen) atoms. The summed E-state index contributed by atoms with van der Waals surface area (Å²) >= 11 is 0. The Bertz CT molecular complexity index is 640. The predicted octanol–water partition coefficient (Wildman–Crippen LogP) is 3.00. The minimum Gasteiger partial charge on any atom is -0.322 e. The van der Waals surface area contributed by atoms with E-state index in [1.165, 1.54) is 0 Å². The van der Waals surface area contributed by atoms with Crippen molar-refractivity contribution < 1.29 is 4.79 Å². The zero-order chi connectivity index (χ0) is 16.2. The van der Waals surface area contributed by atoms with Gasteiger partial charge >= 0.3 is 0 Å². The smallest absolute Gasteiger partial charge is 0.258 e. The summed E-state index contributed by atoms with van der Waals surface area (Å²) in [6.07, 6.45) is 3.38. The molecule has 1 heterocycles. The summed E-state index contributed by atoms with van der Waals surface area (Å²) in [7, 11) is 0. The number of nitrogens with zero attached hydrogens (tertiary/aromatic N) is 2. The summed E-state index contributed by atoms with van der Waals surface area (Å²) in [5, 5.41) is 10.5. The molecule has 0 aliphatic rings. The van der Waals surface area contributed by atoms with Gasteiger partial charge in [-0.1, -0.05) is 25.1 Å². The number of carbonyl (C=O) groups is 1. The second-order valence-corrected chi connectivity index (χ2v) is 6.24. The number of anilines is 1. The van der Waals surface area contributed by atoms with Crippen LogP contribution in [0, 0.1) is 0 Å². The number of benzene rings is 1. The molecule has 0 bridgehead atoms. The Kier molecular flexibility index (Phi) is 4.98. The SMILES string of the molecule is CCNCc1ccccc1NC(=O)c1cnn(C(C)(C)C)c1. The van der Waals surface area contributed by atoms with Crippen LogP contribution >= 0.6 is 0 Å². The van der Waals surface area contributed by atoms with Crippen LogP contribution in [-0.4, -0.2) is 22.2 Å². The molecule has 0 aliphatic heterocycles. The molecule has 0 atom stereocenters. The van der Waals surface area contributed by atoms with Crippen LogP contribution in [-0.2, 0) is 12.1 Å². The number of nitrogens with one attached hydrogen (secondary N) is 2. The van der Waals surface area contributed by atoms with Gasteiger partial charge in [0.25, 0.3) is 5.91 Å². The van der Waals surface area contributed by atoms with E-state index in [-0.39, 0.29) is 11.4 Å². The van der Waals surface area contributed by atoms with E-state index >= 15 is 0 Å². The van der Waals surface area contributed by atoms with Gasteiger partial charge in [-0.05, 0) is 38.9 Å². The van der Waals surface area contributed by atoms with Gasteiger partial charge in [0.1, 0.15) is 0 Å². The number of rotatable bonds is 5. The molecule has 2 rings (SSSR count). The summed E-state index contributed by atoms with van der Waals surface area (Å²) in [5.41, 5.74) is 2.33. The third-order valence-electron chi connectivity index (χ3n) is 3.36. The maximum atomic E-state index is 12.4. The molecule has 5 nitrogen and oxygen atoms in total. The van der Waals surface area contributed by atoms with Gasteiger partial charge in [-0.25, -0.2) is 0 Å². The van der Waals surface area contributed by atoms with Crippen molar-refractivity contribution in [3.8, 4) is 0 Å². The fourth-order valence-corrected chi connectivity index (χ4v) is 2.06. The van der Waals surface area contributed by atoms with Crippen molar-refractivity contribution in [1.29, 1.82) is 0 Å². The Morgan fingerprint density at radius 1 is 1.27 bits per heavy atom. The largest absolute Gasteiger partial charge is 0.322 e. The van der Waals surface area contributed by atoms with Gasteiger partial charge in [-0.3, -0.25) is 9.48 Å². The molecular weight excluding hydrogens is 276 g/mol. The minimum atomic E-state index is -0.139. The van der Waals surface area contributed by atoms with Crippen molar-refractivity contribution in [2.24, 2.45) is 0 Å². The van der Waals surface area contributed by atoms with E-state index < -0.39 is 0 Å². The molecule has 1 aromatic carbocycles. The molecule has 0 radical (unpaired) electrons. The Morgan fingerprint density at radius 3 is 2.64 bits per heavy atom. The van der Waals surface area contributed by atoms with Crippen LogP contribution in [0.3, 0.4) is 0 Å². The lowest BCUT2D eigenvalue weighted by atomic mass is 10.1. The fourth-order valence-electron chi connectivity index (χ4n) is 2.06. The number of amides is 1. The van der Waals surface area contributed by atoms with Crippen LogP contribution in [0.25, 0.3) is 0 Å². The van der Waals surface area contributed by atoms with E-state index in [4.69, 9.17) is 0 Å². The first-order valence-electron chi connectivity index (χ1n) is 7.57. The number of hydrogen-bond donors (Lipinski definition) is 2. The van der Waals surface area contributed by atoms with Gasteiger partial charge in [0.2, 0.25) is 0 Å². The van der Waals surface area contributed by atoms with Gasteiger partial charge in [0, 0.05) is 18.4 Å². The van der Waals surface area contributed by atoms with E-state index in [2.05, 4.69) is 22.7 Å². The Balaban J connectivity index is 2.14. The monoisotopic (exact) mass is 300 g/mol. The highest BCUT2D eigenvalue weighted by Crippen LogP contribution is 2.17. The molecule has 0 unspecified atom stereocenters. The zero-order valence-corrected chi connectivity index (χ0v) is 13.7. The molecule has 0 saturated carbocycles. The normalized spacial score (nSPS) is 11.5. The fraction of sp³-hybridized carbons (Fsp3) is 0.412. The zero-order valence-electron chi connectivity index (χ0n) is 13.7. The van der Waals surface area contributed by atoms with Crippen LogP contribution in [0.5, 0.6) is 0 Å². The Hall–Kier alpha value is -2.14. The maximum Gasteiger partial charge on any atom is 0.258 e. The molecule has 0 saturated heterocycles. The molecule has 0 aliphatic carbocycles. The lowest BCUT2D eigenvalue weighted by Crippen LogP contribution is -2.22. The third-order valence-corrected chi connectivity index (χ3v) is 3.36. The summed E-state index contributed by atoms with van der Waals surface area (Å²) < 4.78 is 1.80. The van der Waals surface area contributed by atoms with E-state index in [0.717, 1.165) is 24.3 Å². The van der Waals surface area contributed by atoms with Crippen molar-refractivity contribution in [3.05, 3.63) is 47.8 Å². The van der Waals surface area contributed by atoms with E-state index in [1.54, 1.807) is 17.1 Å². The standard InChI is InChI=1S/C17H24N4O/c1-5-18-10-13-8-6-7-9-15(13)20-16(22)14-11-19-21(12-14)17(2,3)4/h6-9,11-12,18H,5,10H2,1-4H3,(H,20,22). The highest BCUT2D eigenvalue weighted by Gasteiger charge is 2.17. The van der Waals surface area contributed by atoms with Gasteiger partial charge in [0.15, 0.2) is 0 Å². The van der Waals surface area contributed by atoms with Gasteiger partial charge < -0.3 is 10.6 Å². The van der Waals surface area contributed by atoms with Gasteiger partial charge in [-0.2, -0.15) is 5.10 Å². The molecule has 5 heteroatoms. The van der Waals surface area contributed by atoms with E-state index in [9.17, 15) is 4.79 Å². The number of hydrogen-bond acceptors (Lipinski definition) is 3. The quantitative estimate of drug-likeness (QED) is 0.892. The second kappa shape index (κ2) is 6.75. The summed E-state index contributed by atoms with van der Waals surface area (Å²) in [5.74, 6) is -0.139. The van der Waals surface area contributed by atoms with Crippen LogP contribution in [0.1, 0.15) is 43.6 Å². The molecule has 0 fully saturated rings. The summed E-state index contributed by atoms with van der Waals surface area (Å²) in [6, 6.07) is 7.82. The maximum absolute atomic E-state index is 12.4. The van der Waals surface area contributed by atoms with Crippen molar-refractivity contribution in [2.75, 3.05) is 11.9 Å². The topological polar surface area (TPSA) is 58.9 Å². The Morgan fingerprint density at radius 2 is 2.00 bits per heavy atom. The molecule has 1 amide bonds. The Labute approximate surface area is 131 Å². The van der Waals surface area contributed by atoms with Crippen molar-refractivity contribution in [1.82, 2.24) is 15.1 Å². The first-order valence-corrected chi connectivity index (χ1v) is 7.57. The number of carbonyl (C=O) groups excluding carboxylic acids is 1. The first kappa shape index (κ1) is 16.2. The molecule has 2 N–H and O–H groups in total. The van der Waals surface area contributed by atoms with Crippen LogP contribution in [0.2, 0.25) is 0 Å². The van der Waals surface area contributed by atoms with E-state index in [1.807, 2.05) is 45.0 Å². The average Bonchev–Trinajstić information content (AvgIpc) is 2.96. The second-order valence-electron chi connectivity index (χ2n) is 6.24. The first-order chi connectivity index (χ1) is 10.4. The molecule has 0 spiro atoms. The average molecular weight is 300 g/mol. The lowest BCUT2D eigenvalue weighted by Gasteiger charge is -2.18. The number of para-hydroxylation sites is 1. The van der Waals surface area contributed by atoms with Crippen LogP contribution < -0.4 is 10.6 Å². The summed E-state index contributed by atoms with van der Waals surface area (Å²) in [4.78, 5) is 12.4. The molecular formula is C17H24N4O. The summed E-state index contributed by atoms with van der Waals surface area (Å²) in [6.45, 7) is 9.82. The van der Waals surface area contributed by atoms with E-state index in [0.29, 0.717) is 5.56 Å². The van der Waals surface area contributed by atoms with Crippen molar-refractivity contribution >= 4 is 11.6 Å². The highest BCUT2D eigenvalue weighted by atomic mass is 16.1. The predicted molar refractivity (Wildman–Crippen MR) is 89.0 cm³/mol. The molecule has 118 valence electrons. The van der Waals surface area contributed by atoms with Crippen molar-refractivity contribution in [3.63, 3.8) is 0 Å². The van der Waals surface area contributed by atoms with Crippen LogP contribution in [0.4, 0.5) is 5.69 Å². The number of aromatic nitrogens is 2. The van der Waals surface area contributed by atoms with Crippen LogP contribution in [0.15, 0.2) is 36.7 Å². The van der Waals surface area contributed by atoms with Gasteiger partial charge in [0.05, 0.1) is 17.3 Å². The van der Waals surface area contributed by atoms with Gasteiger partial charge in [-0.15, -0.1) is 0 Å². The highest BCUT2D eigenvalue weighted by molar-refractivity contribution is 6.04. The third kappa shape index (κ3) is 3.95. The van der Waals surface area contributed by atoms with Crippen molar-refractivity contribution in [2.45, 2.75) is 39.8 Å². The molecule has 1 aromatic heterocycles. The minimum absolute atomic E-state index is 0.137.